The lowest BCUT2D eigenvalue weighted by molar-refractivity contribution is -0.137. The molecule has 4 heterocycles. The van der Waals surface area contributed by atoms with Crippen molar-refractivity contribution in [1.29, 1.82) is 0 Å². The number of nitrogens with one attached hydrogen (secondary N) is 2. The van der Waals surface area contributed by atoms with Gasteiger partial charge in [0.1, 0.15) is 5.82 Å². The molecule has 0 saturated carbocycles. The molecular weight excluding hydrogens is 531 g/mol. The van der Waals surface area contributed by atoms with Crippen LogP contribution >= 0.6 is 0 Å². The minimum absolute atomic E-state index is 0.213. The molecule has 1 aliphatic rings. The fourth-order valence-corrected chi connectivity index (χ4v) is 5.09. The van der Waals surface area contributed by atoms with Gasteiger partial charge in [0.05, 0.1) is 24.6 Å². The van der Waals surface area contributed by atoms with E-state index in [1.165, 1.54) is 17.7 Å². The van der Waals surface area contributed by atoms with E-state index >= 15 is 0 Å². The number of rotatable bonds is 8. The lowest BCUT2D eigenvalue weighted by Crippen LogP contribution is -2.38. The molecule has 3 aromatic heterocycles. The number of imidazole rings is 1. The van der Waals surface area contributed by atoms with E-state index in [1.807, 2.05) is 23.7 Å². The summed E-state index contributed by atoms with van der Waals surface area (Å²) in [6.45, 7) is 3.17. The van der Waals surface area contributed by atoms with Crippen LogP contribution in [-0.2, 0) is 26.3 Å². The predicted octanol–water partition coefficient (Wildman–Crippen LogP) is 5.45. The second kappa shape index (κ2) is 11.2. The summed E-state index contributed by atoms with van der Waals surface area (Å²) in [7, 11) is 1.82. The monoisotopic (exact) mass is 561 g/mol. The minimum Gasteiger partial charge on any atom is -0.365 e. The number of hydrogen-bond donors (Lipinski definition) is 2. The molecule has 41 heavy (non-hydrogen) atoms. The highest BCUT2D eigenvalue weighted by Gasteiger charge is 2.30. The van der Waals surface area contributed by atoms with E-state index in [1.54, 1.807) is 17.2 Å². The molecule has 9 nitrogen and oxygen atoms in total. The first-order valence-electron chi connectivity index (χ1n) is 13.5. The van der Waals surface area contributed by atoms with Gasteiger partial charge in [-0.3, -0.25) is 9.58 Å². The fraction of sp³-hybridized carbons (Fsp3) is 0.310. The molecular formula is C29H30F3N9. The molecule has 0 spiro atoms. The molecule has 1 aliphatic heterocycles. The lowest BCUT2D eigenvalue weighted by Gasteiger charge is -2.32. The van der Waals surface area contributed by atoms with Crippen molar-refractivity contribution in [2.24, 2.45) is 7.05 Å². The average Bonchev–Trinajstić information content (AvgIpc) is 3.56. The van der Waals surface area contributed by atoms with Gasteiger partial charge in [0, 0.05) is 38.8 Å². The highest BCUT2D eigenvalue weighted by Crippen LogP contribution is 2.30. The summed E-state index contributed by atoms with van der Waals surface area (Å²) in [6, 6.07) is 17.7. The molecule has 1 saturated heterocycles. The zero-order valence-corrected chi connectivity index (χ0v) is 22.5. The van der Waals surface area contributed by atoms with Crippen LogP contribution in [0.15, 0.2) is 73.2 Å². The van der Waals surface area contributed by atoms with Crippen molar-refractivity contribution in [1.82, 2.24) is 34.2 Å². The molecule has 12 heteroatoms. The Kier molecular flexibility index (Phi) is 7.31. The van der Waals surface area contributed by atoms with Gasteiger partial charge in [-0.15, -0.1) is 0 Å². The number of aromatic nitrogens is 6. The van der Waals surface area contributed by atoms with Crippen LogP contribution in [0.4, 0.5) is 30.8 Å². The maximum absolute atomic E-state index is 13.0. The molecule has 2 N–H and O–H groups in total. The Morgan fingerprint density at radius 3 is 2.32 bits per heavy atom. The van der Waals surface area contributed by atoms with Gasteiger partial charge in [-0.05, 0) is 36.1 Å². The van der Waals surface area contributed by atoms with Crippen LogP contribution in [-0.4, -0.2) is 53.3 Å². The van der Waals surface area contributed by atoms with Crippen LogP contribution in [0.2, 0.25) is 0 Å². The van der Waals surface area contributed by atoms with Crippen LogP contribution in [0.5, 0.6) is 0 Å². The van der Waals surface area contributed by atoms with Gasteiger partial charge in [-0.2, -0.15) is 28.2 Å². The molecule has 1 fully saturated rings. The number of hydrogen-bond acceptors (Lipinski definition) is 7. The first kappa shape index (κ1) is 26.8. The number of benzene rings is 2. The number of aryl methyl sites for hydroxylation is 1. The SMILES string of the molecule is Cn1nccc1Nc1nc(NC2CCN(Cc3ccccc3)CC2)c2ncn(Cc3ccc(C(F)(F)F)cc3)c2n1. The summed E-state index contributed by atoms with van der Waals surface area (Å²) in [6.07, 6.45) is 0.860. The molecule has 212 valence electrons. The third kappa shape index (κ3) is 6.17. The predicted molar refractivity (Wildman–Crippen MR) is 151 cm³/mol. The van der Waals surface area contributed by atoms with Crippen LogP contribution in [0.1, 0.15) is 29.5 Å². The molecule has 2 aromatic carbocycles. The van der Waals surface area contributed by atoms with Gasteiger partial charge in [0.15, 0.2) is 17.0 Å². The molecule has 0 aliphatic carbocycles. The number of halogens is 3. The second-order valence-electron chi connectivity index (χ2n) is 10.3. The fourth-order valence-electron chi connectivity index (χ4n) is 5.09. The Balaban J connectivity index is 1.23. The first-order valence-corrected chi connectivity index (χ1v) is 13.5. The zero-order chi connectivity index (χ0) is 28.4. The third-order valence-corrected chi connectivity index (χ3v) is 7.34. The summed E-state index contributed by atoms with van der Waals surface area (Å²) in [5.74, 6) is 1.71. The van der Waals surface area contributed by atoms with Crippen molar-refractivity contribution in [2.45, 2.75) is 38.1 Å². The van der Waals surface area contributed by atoms with Crippen LogP contribution < -0.4 is 10.6 Å². The summed E-state index contributed by atoms with van der Waals surface area (Å²) in [5.41, 5.74) is 2.52. The van der Waals surface area contributed by atoms with Crippen molar-refractivity contribution in [3.63, 3.8) is 0 Å². The highest BCUT2D eigenvalue weighted by atomic mass is 19.4. The maximum Gasteiger partial charge on any atom is 0.416 e. The number of anilines is 3. The smallest absolute Gasteiger partial charge is 0.365 e. The van der Waals surface area contributed by atoms with Gasteiger partial charge >= 0.3 is 6.18 Å². The topological polar surface area (TPSA) is 88.7 Å². The molecule has 0 radical (unpaired) electrons. The van der Waals surface area contributed by atoms with Gasteiger partial charge in [0.2, 0.25) is 5.95 Å². The Bertz CT molecular complexity index is 1600. The maximum atomic E-state index is 13.0. The normalized spacial score (nSPS) is 14.9. The summed E-state index contributed by atoms with van der Waals surface area (Å²) in [4.78, 5) is 16.6. The molecule has 0 atom stereocenters. The van der Waals surface area contributed by atoms with Gasteiger partial charge in [-0.1, -0.05) is 42.5 Å². The largest absolute Gasteiger partial charge is 0.416 e. The van der Waals surface area contributed by atoms with Crippen LogP contribution in [0.25, 0.3) is 11.2 Å². The standard InChI is InChI=1S/C29H30F3N9/c1-39-24(11-14-34-39)36-28-37-26(35-23-12-15-40(16-13-23)17-20-5-3-2-4-6-20)25-27(38-28)41(19-33-25)18-21-7-9-22(10-8-21)29(30,31)32/h2-11,14,19,23H,12-13,15-18H2,1H3,(H2,35,36,37,38). The van der Waals surface area contributed by atoms with Gasteiger partial charge < -0.3 is 15.2 Å². The van der Waals surface area contributed by atoms with Crippen molar-refractivity contribution in [2.75, 3.05) is 23.7 Å². The second-order valence-corrected chi connectivity index (χ2v) is 10.3. The quantitative estimate of drug-likeness (QED) is 0.261. The molecule has 0 bridgehead atoms. The Hall–Kier alpha value is -4.45. The van der Waals surface area contributed by atoms with Crippen molar-refractivity contribution in [3.05, 3.63) is 89.9 Å². The Morgan fingerprint density at radius 2 is 1.63 bits per heavy atom. The van der Waals surface area contributed by atoms with E-state index in [9.17, 15) is 13.2 Å². The summed E-state index contributed by atoms with van der Waals surface area (Å²) >= 11 is 0. The molecule has 6 rings (SSSR count). The average molecular weight is 562 g/mol. The Morgan fingerprint density at radius 1 is 0.902 bits per heavy atom. The van der Waals surface area contributed by atoms with Crippen molar-refractivity contribution in [3.8, 4) is 0 Å². The summed E-state index contributed by atoms with van der Waals surface area (Å²) < 4.78 is 42.6. The molecule has 5 aromatic rings. The number of piperidine rings is 1. The third-order valence-electron chi connectivity index (χ3n) is 7.34. The zero-order valence-electron chi connectivity index (χ0n) is 22.5. The van der Waals surface area contributed by atoms with E-state index in [0.29, 0.717) is 35.0 Å². The number of nitrogens with zero attached hydrogens (tertiary/aromatic N) is 7. The summed E-state index contributed by atoms with van der Waals surface area (Å²) in [5, 5.41) is 11.0. The van der Waals surface area contributed by atoms with E-state index < -0.39 is 11.7 Å². The number of likely N-dealkylation sites (tertiary alicyclic amines) is 1. The first-order chi connectivity index (χ1) is 19.8. The number of fused-ring (bicyclic) bond motifs is 1. The Labute approximate surface area is 235 Å². The van der Waals surface area contributed by atoms with Gasteiger partial charge in [-0.25, -0.2) is 4.98 Å². The van der Waals surface area contributed by atoms with Crippen molar-refractivity contribution < 1.29 is 13.2 Å². The van der Waals surface area contributed by atoms with Crippen molar-refractivity contribution >= 4 is 28.7 Å². The van der Waals surface area contributed by atoms with E-state index in [4.69, 9.17) is 9.97 Å². The van der Waals surface area contributed by atoms with E-state index in [-0.39, 0.29) is 6.04 Å². The lowest BCUT2D eigenvalue weighted by atomic mass is 10.0. The van der Waals surface area contributed by atoms with E-state index in [2.05, 4.69) is 49.9 Å². The minimum atomic E-state index is -4.38. The number of alkyl halides is 3. The van der Waals surface area contributed by atoms with Gasteiger partial charge in [0.25, 0.3) is 0 Å². The molecule has 0 amide bonds. The highest BCUT2D eigenvalue weighted by molar-refractivity contribution is 5.85. The van der Waals surface area contributed by atoms with Crippen LogP contribution in [0, 0.1) is 0 Å². The van der Waals surface area contributed by atoms with E-state index in [0.717, 1.165) is 50.4 Å². The molecule has 0 unspecified atom stereocenters. The van der Waals surface area contributed by atoms with Crippen LogP contribution in [0.3, 0.4) is 0 Å².